The minimum Gasteiger partial charge on any atom is -0.326 e. The van der Waals surface area contributed by atoms with Crippen molar-refractivity contribution in [2.45, 2.75) is 32.6 Å². The van der Waals surface area contributed by atoms with Gasteiger partial charge in [-0.1, -0.05) is 24.3 Å². The van der Waals surface area contributed by atoms with Gasteiger partial charge in [0.1, 0.15) is 0 Å². The van der Waals surface area contributed by atoms with Gasteiger partial charge in [0.2, 0.25) is 5.91 Å². The fraction of sp³-hybridized carbons (Fsp3) is 0.400. The van der Waals surface area contributed by atoms with Crippen molar-refractivity contribution in [2.24, 2.45) is 5.92 Å². The van der Waals surface area contributed by atoms with E-state index in [0.29, 0.717) is 37.2 Å². The Hall–Kier alpha value is -3.35. The molecule has 2 saturated heterocycles. The molecule has 0 atom stereocenters. The fourth-order valence-electron chi connectivity index (χ4n) is 4.41. The van der Waals surface area contributed by atoms with Crippen LogP contribution in [0.1, 0.15) is 41.6 Å². The van der Waals surface area contributed by atoms with Crippen LogP contribution in [0, 0.1) is 12.8 Å². The number of piperidine rings is 1. The summed E-state index contributed by atoms with van der Waals surface area (Å²) in [5.74, 6) is -0.403. The molecule has 0 bridgehead atoms. The van der Waals surface area contributed by atoms with E-state index in [1.807, 2.05) is 53.1 Å². The number of carbonyl (C=O) groups is 3. The lowest BCUT2D eigenvalue weighted by atomic mass is 9.95. The van der Waals surface area contributed by atoms with Crippen molar-refractivity contribution in [1.29, 1.82) is 0 Å². The Morgan fingerprint density at radius 3 is 2.16 bits per heavy atom. The summed E-state index contributed by atoms with van der Waals surface area (Å²) < 4.78 is 0. The van der Waals surface area contributed by atoms with Crippen LogP contribution in [0.25, 0.3) is 0 Å². The second kappa shape index (κ2) is 9.85. The molecule has 2 aromatic carbocycles. The number of benzene rings is 2. The van der Waals surface area contributed by atoms with Crippen molar-refractivity contribution in [3.05, 3.63) is 59.7 Å². The highest BCUT2D eigenvalue weighted by Gasteiger charge is 2.30. The third-order valence-electron chi connectivity index (χ3n) is 6.38. The molecule has 0 aromatic heterocycles. The van der Waals surface area contributed by atoms with Gasteiger partial charge in [-0.3, -0.25) is 9.59 Å². The van der Waals surface area contributed by atoms with Crippen molar-refractivity contribution >= 4 is 29.2 Å². The minimum absolute atomic E-state index is 0.0537. The van der Waals surface area contributed by atoms with E-state index in [2.05, 4.69) is 10.6 Å². The molecule has 2 N–H and O–H groups in total. The molecule has 0 radical (unpaired) electrons. The summed E-state index contributed by atoms with van der Waals surface area (Å²) in [6.07, 6.45) is 3.45. The lowest BCUT2D eigenvalue weighted by Crippen LogP contribution is -2.47. The summed E-state index contributed by atoms with van der Waals surface area (Å²) >= 11 is 0. The number of hydrogen-bond acceptors (Lipinski definition) is 3. The number of anilines is 2. The predicted octanol–water partition coefficient (Wildman–Crippen LogP) is 4.11. The smallest absolute Gasteiger partial charge is 0.319 e. The first-order valence-corrected chi connectivity index (χ1v) is 11.3. The second-order valence-electron chi connectivity index (χ2n) is 8.53. The van der Waals surface area contributed by atoms with Gasteiger partial charge in [-0.05, 0) is 62.4 Å². The van der Waals surface area contributed by atoms with Gasteiger partial charge in [0.15, 0.2) is 0 Å². The van der Waals surface area contributed by atoms with E-state index in [0.717, 1.165) is 37.2 Å². The Bertz CT molecular complexity index is 978. The number of para-hydroxylation sites is 1. The zero-order valence-corrected chi connectivity index (χ0v) is 18.5. The first-order chi connectivity index (χ1) is 15.5. The topological polar surface area (TPSA) is 81.8 Å². The lowest BCUT2D eigenvalue weighted by Gasteiger charge is -2.34. The van der Waals surface area contributed by atoms with Gasteiger partial charge >= 0.3 is 6.03 Å². The van der Waals surface area contributed by atoms with Crippen molar-refractivity contribution < 1.29 is 14.4 Å². The van der Waals surface area contributed by atoms with Gasteiger partial charge in [0.25, 0.3) is 5.91 Å². The quantitative estimate of drug-likeness (QED) is 0.760. The second-order valence-corrected chi connectivity index (χ2v) is 8.53. The largest absolute Gasteiger partial charge is 0.326 e. The van der Waals surface area contributed by atoms with E-state index < -0.39 is 0 Å². The van der Waals surface area contributed by atoms with Crippen molar-refractivity contribution in [1.82, 2.24) is 9.80 Å². The number of urea groups is 1. The first kappa shape index (κ1) is 21.9. The predicted molar refractivity (Wildman–Crippen MR) is 125 cm³/mol. The molecular formula is C25H30N4O3. The Kier molecular flexibility index (Phi) is 6.73. The Morgan fingerprint density at radius 2 is 1.47 bits per heavy atom. The number of rotatable bonds is 4. The zero-order valence-electron chi connectivity index (χ0n) is 18.5. The average Bonchev–Trinajstić information content (AvgIpc) is 3.35. The van der Waals surface area contributed by atoms with Gasteiger partial charge in [-0.2, -0.15) is 0 Å². The van der Waals surface area contributed by atoms with Gasteiger partial charge in [0, 0.05) is 49.0 Å². The van der Waals surface area contributed by atoms with Crippen LogP contribution >= 0.6 is 0 Å². The van der Waals surface area contributed by atoms with E-state index >= 15 is 0 Å². The number of carbonyl (C=O) groups excluding carboxylic acids is 3. The molecule has 7 heteroatoms. The lowest BCUT2D eigenvalue weighted by molar-refractivity contribution is -0.121. The third kappa shape index (κ3) is 4.93. The van der Waals surface area contributed by atoms with Crippen LogP contribution in [0.4, 0.5) is 16.2 Å². The molecule has 32 heavy (non-hydrogen) atoms. The Balaban J connectivity index is 1.35. The van der Waals surface area contributed by atoms with Crippen molar-refractivity contribution in [2.75, 3.05) is 36.8 Å². The SMILES string of the molecule is Cc1c(NC(=O)C2CCN(C(=O)N3CCCC3)CC2)cccc1C(=O)Nc1ccccc1. The highest BCUT2D eigenvalue weighted by Crippen LogP contribution is 2.24. The number of nitrogens with one attached hydrogen (secondary N) is 2. The van der Waals surface area contributed by atoms with Gasteiger partial charge in [0.05, 0.1) is 0 Å². The van der Waals surface area contributed by atoms with E-state index in [4.69, 9.17) is 0 Å². The average molecular weight is 435 g/mol. The molecule has 2 aliphatic heterocycles. The molecular weight excluding hydrogens is 404 g/mol. The standard InChI is InChI=1S/C25H30N4O3/c1-18-21(24(31)26-20-8-3-2-4-9-20)10-7-11-22(18)27-23(30)19-12-16-29(17-13-19)25(32)28-14-5-6-15-28/h2-4,7-11,19H,5-6,12-17H2,1H3,(H,26,31)(H,27,30). The monoisotopic (exact) mass is 434 g/mol. The molecule has 0 saturated carbocycles. The van der Waals surface area contributed by atoms with Crippen LogP contribution in [0.3, 0.4) is 0 Å². The van der Waals surface area contributed by atoms with E-state index in [1.165, 1.54) is 0 Å². The van der Waals surface area contributed by atoms with E-state index in [1.54, 1.807) is 12.1 Å². The minimum atomic E-state index is -0.210. The summed E-state index contributed by atoms with van der Waals surface area (Å²) in [5.41, 5.74) is 2.63. The molecule has 2 fully saturated rings. The number of hydrogen-bond donors (Lipinski definition) is 2. The zero-order chi connectivity index (χ0) is 22.5. The van der Waals surface area contributed by atoms with Crippen LogP contribution in [0.5, 0.6) is 0 Å². The molecule has 2 heterocycles. The van der Waals surface area contributed by atoms with Crippen LogP contribution in [0.2, 0.25) is 0 Å². The molecule has 4 amide bonds. The summed E-state index contributed by atoms with van der Waals surface area (Å²) in [4.78, 5) is 42.0. The van der Waals surface area contributed by atoms with E-state index in [-0.39, 0.29) is 23.8 Å². The summed E-state index contributed by atoms with van der Waals surface area (Å²) in [6.45, 7) is 4.73. The normalized spacial score (nSPS) is 16.7. The molecule has 2 aliphatic rings. The molecule has 0 spiro atoms. The number of nitrogens with zero attached hydrogens (tertiary/aromatic N) is 2. The highest BCUT2D eigenvalue weighted by molar-refractivity contribution is 6.07. The maximum absolute atomic E-state index is 12.9. The maximum Gasteiger partial charge on any atom is 0.319 e. The van der Waals surface area contributed by atoms with Crippen LogP contribution < -0.4 is 10.6 Å². The number of likely N-dealkylation sites (tertiary alicyclic amines) is 2. The van der Waals surface area contributed by atoms with Gasteiger partial charge in [-0.15, -0.1) is 0 Å². The van der Waals surface area contributed by atoms with Crippen LogP contribution in [0.15, 0.2) is 48.5 Å². The third-order valence-corrected chi connectivity index (χ3v) is 6.38. The van der Waals surface area contributed by atoms with Crippen LogP contribution in [-0.4, -0.2) is 53.8 Å². The molecule has 2 aromatic rings. The van der Waals surface area contributed by atoms with Crippen LogP contribution in [-0.2, 0) is 4.79 Å². The molecule has 4 rings (SSSR count). The maximum atomic E-state index is 12.9. The Morgan fingerprint density at radius 1 is 0.812 bits per heavy atom. The fourth-order valence-corrected chi connectivity index (χ4v) is 4.41. The molecule has 168 valence electrons. The Labute approximate surface area is 188 Å². The molecule has 7 nitrogen and oxygen atoms in total. The highest BCUT2D eigenvalue weighted by atomic mass is 16.2. The summed E-state index contributed by atoms with van der Waals surface area (Å²) in [7, 11) is 0. The van der Waals surface area contributed by atoms with Crippen molar-refractivity contribution in [3.8, 4) is 0 Å². The van der Waals surface area contributed by atoms with Gasteiger partial charge < -0.3 is 20.4 Å². The molecule has 0 unspecified atom stereocenters. The number of amides is 4. The van der Waals surface area contributed by atoms with Crippen molar-refractivity contribution in [3.63, 3.8) is 0 Å². The van der Waals surface area contributed by atoms with E-state index in [9.17, 15) is 14.4 Å². The molecule has 0 aliphatic carbocycles. The first-order valence-electron chi connectivity index (χ1n) is 11.3. The summed E-state index contributed by atoms with van der Waals surface area (Å²) in [6, 6.07) is 14.7. The summed E-state index contributed by atoms with van der Waals surface area (Å²) in [5, 5.41) is 5.89. The van der Waals surface area contributed by atoms with Gasteiger partial charge in [-0.25, -0.2) is 4.79 Å².